The minimum absolute atomic E-state index is 0.169. The number of carbonyl (C=O) groups is 2. The van der Waals surface area contributed by atoms with E-state index in [9.17, 15) is 9.59 Å². The normalized spacial score (nSPS) is 10.8. The van der Waals surface area contributed by atoms with Gasteiger partial charge in [0.15, 0.2) is 5.16 Å². The van der Waals surface area contributed by atoms with Crippen molar-refractivity contribution in [3.05, 3.63) is 57.7 Å². The van der Waals surface area contributed by atoms with E-state index in [1.54, 1.807) is 0 Å². The summed E-state index contributed by atoms with van der Waals surface area (Å²) >= 11 is 2.73. The van der Waals surface area contributed by atoms with E-state index in [2.05, 4.69) is 27.6 Å². The summed E-state index contributed by atoms with van der Waals surface area (Å²) in [7, 11) is 1.35. The number of carbonyl (C=O) groups excluding carboxylic acids is 2. The summed E-state index contributed by atoms with van der Waals surface area (Å²) in [6.45, 7) is 6.67. The third kappa shape index (κ3) is 5.34. The number of methoxy groups -OCH3 is 1. The number of thioether (sulfide) groups is 1. The van der Waals surface area contributed by atoms with Crippen LogP contribution in [0.3, 0.4) is 0 Å². The van der Waals surface area contributed by atoms with Crippen LogP contribution in [-0.2, 0) is 28.9 Å². The molecule has 1 amide bonds. The molecule has 0 fully saturated rings. The molecule has 0 aliphatic heterocycles. The average molecular weight is 459 g/mol. The number of nitrogens with zero attached hydrogens (tertiary/aromatic N) is 3. The molecule has 0 atom stereocenters. The van der Waals surface area contributed by atoms with Crippen LogP contribution < -0.4 is 5.32 Å². The van der Waals surface area contributed by atoms with Crippen molar-refractivity contribution in [2.45, 2.75) is 45.3 Å². The summed E-state index contributed by atoms with van der Waals surface area (Å²) in [6, 6.07) is 10.1. The number of amides is 1. The van der Waals surface area contributed by atoms with Gasteiger partial charge in [0, 0.05) is 17.8 Å². The molecular formula is C22H26N4O3S2. The lowest BCUT2D eigenvalue weighted by molar-refractivity contribution is -0.113. The fraction of sp³-hybridized carbons (Fsp3) is 0.364. The molecule has 0 spiro atoms. The van der Waals surface area contributed by atoms with Crippen LogP contribution in [0.15, 0.2) is 35.5 Å². The second-order valence-corrected chi connectivity index (χ2v) is 9.00. The standard InChI is InChI=1S/C22H26N4O3S2/c1-5-16-14(3)31-20(19(16)21(28)29-4)23-18(27)13-30-22-25-24-17(26(22)6-2)12-15-10-8-7-9-11-15/h7-11H,5-6,12-13H2,1-4H3,(H,23,27). The SMILES string of the molecule is CCc1c(C)sc(NC(=O)CSc2nnc(Cc3ccccc3)n2CC)c1C(=O)OC. The zero-order chi connectivity index (χ0) is 22.4. The predicted octanol–water partition coefficient (Wildman–Crippen LogP) is 4.34. The van der Waals surface area contributed by atoms with Gasteiger partial charge in [0.25, 0.3) is 0 Å². The third-order valence-electron chi connectivity index (χ3n) is 4.85. The number of nitrogens with one attached hydrogen (secondary N) is 1. The van der Waals surface area contributed by atoms with Crippen LogP contribution in [0.5, 0.6) is 0 Å². The van der Waals surface area contributed by atoms with Crippen LogP contribution >= 0.6 is 23.1 Å². The Morgan fingerprint density at radius 1 is 1.19 bits per heavy atom. The van der Waals surface area contributed by atoms with Crippen molar-refractivity contribution < 1.29 is 14.3 Å². The zero-order valence-electron chi connectivity index (χ0n) is 18.1. The van der Waals surface area contributed by atoms with Gasteiger partial charge >= 0.3 is 5.97 Å². The first-order valence-electron chi connectivity index (χ1n) is 10.1. The molecule has 0 unspecified atom stereocenters. The van der Waals surface area contributed by atoms with Crippen LogP contribution in [0.4, 0.5) is 5.00 Å². The number of hydrogen-bond donors (Lipinski definition) is 1. The Kier molecular flexibility index (Phi) is 7.86. The molecule has 0 saturated heterocycles. The largest absolute Gasteiger partial charge is 0.465 e. The highest BCUT2D eigenvalue weighted by atomic mass is 32.2. The van der Waals surface area contributed by atoms with Crippen LogP contribution in [0.1, 0.15) is 46.0 Å². The average Bonchev–Trinajstić information content (AvgIpc) is 3.31. The minimum Gasteiger partial charge on any atom is -0.465 e. The topological polar surface area (TPSA) is 86.1 Å². The molecule has 2 aromatic heterocycles. The van der Waals surface area contributed by atoms with Gasteiger partial charge in [-0.3, -0.25) is 4.79 Å². The molecule has 0 aliphatic carbocycles. The second-order valence-electron chi connectivity index (χ2n) is 6.83. The molecule has 1 N–H and O–H groups in total. The van der Waals surface area contributed by atoms with Gasteiger partial charge in [0.1, 0.15) is 10.8 Å². The quantitative estimate of drug-likeness (QED) is 0.379. The second kappa shape index (κ2) is 10.6. The van der Waals surface area contributed by atoms with Gasteiger partial charge in [-0.1, -0.05) is 49.0 Å². The Balaban J connectivity index is 1.69. The van der Waals surface area contributed by atoms with Gasteiger partial charge in [-0.2, -0.15) is 0 Å². The summed E-state index contributed by atoms with van der Waals surface area (Å²) in [5, 5.41) is 12.7. The van der Waals surface area contributed by atoms with Gasteiger partial charge < -0.3 is 14.6 Å². The van der Waals surface area contributed by atoms with Crippen molar-refractivity contribution >= 4 is 40.0 Å². The van der Waals surface area contributed by atoms with Gasteiger partial charge in [-0.15, -0.1) is 21.5 Å². The molecule has 0 bridgehead atoms. The molecule has 9 heteroatoms. The number of hydrogen-bond acceptors (Lipinski definition) is 7. The molecule has 0 radical (unpaired) electrons. The van der Waals surface area contributed by atoms with Gasteiger partial charge in [-0.25, -0.2) is 4.79 Å². The Morgan fingerprint density at radius 2 is 1.94 bits per heavy atom. The Bertz CT molecular complexity index is 1060. The zero-order valence-corrected chi connectivity index (χ0v) is 19.7. The predicted molar refractivity (Wildman–Crippen MR) is 124 cm³/mol. The van der Waals surface area contributed by atoms with Crippen LogP contribution in [0.2, 0.25) is 0 Å². The smallest absolute Gasteiger partial charge is 0.341 e. The molecule has 3 rings (SSSR count). The minimum atomic E-state index is -0.430. The van der Waals surface area contributed by atoms with Gasteiger partial charge in [-0.05, 0) is 31.4 Å². The van der Waals surface area contributed by atoms with E-state index >= 15 is 0 Å². The van der Waals surface area contributed by atoms with Crippen molar-refractivity contribution in [3.8, 4) is 0 Å². The maximum atomic E-state index is 12.6. The van der Waals surface area contributed by atoms with E-state index in [-0.39, 0.29) is 11.7 Å². The molecule has 3 aromatic rings. The van der Waals surface area contributed by atoms with E-state index < -0.39 is 5.97 Å². The summed E-state index contributed by atoms with van der Waals surface area (Å²) in [4.78, 5) is 25.9. The van der Waals surface area contributed by atoms with Crippen molar-refractivity contribution in [2.24, 2.45) is 0 Å². The van der Waals surface area contributed by atoms with E-state index in [1.165, 1.54) is 30.2 Å². The van der Waals surface area contributed by atoms with E-state index in [4.69, 9.17) is 4.74 Å². The van der Waals surface area contributed by atoms with Crippen molar-refractivity contribution in [1.82, 2.24) is 14.8 Å². The maximum absolute atomic E-state index is 12.6. The first-order chi connectivity index (χ1) is 15.0. The molecule has 7 nitrogen and oxygen atoms in total. The Labute approximate surface area is 190 Å². The third-order valence-corrected chi connectivity index (χ3v) is 6.88. The lowest BCUT2D eigenvalue weighted by Crippen LogP contribution is -2.16. The number of ether oxygens (including phenoxy) is 1. The van der Waals surface area contributed by atoms with E-state index in [0.29, 0.717) is 28.6 Å². The number of anilines is 1. The first-order valence-corrected chi connectivity index (χ1v) is 11.9. The highest BCUT2D eigenvalue weighted by Crippen LogP contribution is 2.34. The molecule has 0 aliphatic rings. The number of aryl methyl sites for hydroxylation is 1. The van der Waals surface area contributed by atoms with Gasteiger partial charge in [0.05, 0.1) is 18.4 Å². The van der Waals surface area contributed by atoms with Crippen LogP contribution in [0.25, 0.3) is 0 Å². The summed E-state index contributed by atoms with van der Waals surface area (Å²) < 4.78 is 6.94. The lowest BCUT2D eigenvalue weighted by atomic mass is 10.1. The van der Waals surface area contributed by atoms with E-state index in [0.717, 1.165) is 28.4 Å². The highest BCUT2D eigenvalue weighted by molar-refractivity contribution is 7.99. The number of aromatic nitrogens is 3. The van der Waals surface area contributed by atoms with Crippen LogP contribution in [0, 0.1) is 6.92 Å². The number of rotatable bonds is 9. The first kappa shape index (κ1) is 23.0. The summed E-state index contributed by atoms with van der Waals surface area (Å²) in [5.74, 6) is 0.406. The number of esters is 1. The van der Waals surface area contributed by atoms with Crippen molar-refractivity contribution in [2.75, 3.05) is 18.2 Å². The number of thiophene rings is 1. The highest BCUT2D eigenvalue weighted by Gasteiger charge is 2.23. The van der Waals surface area contributed by atoms with Gasteiger partial charge in [0.2, 0.25) is 5.91 Å². The summed E-state index contributed by atoms with van der Waals surface area (Å²) in [5.41, 5.74) is 2.53. The monoisotopic (exact) mass is 458 g/mol. The van der Waals surface area contributed by atoms with Crippen molar-refractivity contribution in [3.63, 3.8) is 0 Å². The molecule has 0 saturated carbocycles. The van der Waals surface area contributed by atoms with Crippen molar-refractivity contribution in [1.29, 1.82) is 0 Å². The number of benzene rings is 1. The fourth-order valence-electron chi connectivity index (χ4n) is 3.36. The lowest BCUT2D eigenvalue weighted by Gasteiger charge is -2.08. The Hall–Kier alpha value is -2.65. The Morgan fingerprint density at radius 3 is 2.58 bits per heavy atom. The summed E-state index contributed by atoms with van der Waals surface area (Å²) in [6.07, 6.45) is 1.38. The maximum Gasteiger partial charge on any atom is 0.341 e. The molecule has 2 heterocycles. The fourth-order valence-corrected chi connectivity index (χ4v) is 5.33. The molecule has 164 valence electrons. The molecule has 1 aromatic carbocycles. The van der Waals surface area contributed by atoms with Crippen LogP contribution in [-0.4, -0.2) is 39.5 Å². The molecular weight excluding hydrogens is 432 g/mol. The van der Waals surface area contributed by atoms with E-state index in [1.807, 2.05) is 43.5 Å². The molecule has 31 heavy (non-hydrogen) atoms.